The number of amides is 1. The van der Waals surface area contributed by atoms with Crippen molar-refractivity contribution in [3.8, 4) is 5.75 Å². The lowest BCUT2D eigenvalue weighted by Gasteiger charge is -2.18. The summed E-state index contributed by atoms with van der Waals surface area (Å²) >= 11 is 3.43. The van der Waals surface area contributed by atoms with Crippen LogP contribution in [0, 0.1) is 0 Å². The molecule has 0 radical (unpaired) electrons. The highest BCUT2D eigenvalue weighted by atomic mass is 79.9. The fourth-order valence-corrected chi connectivity index (χ4v) is 2.41. The van der Waals surface area contributed by atoms with Crippen molar-refractivity contribution in [3.05, 3.63) is 69.8 Å². The maximum atomic E-state index is 12.1. The lowest BCUT2D eigenvalue weighted by molar-refractivity contribution is 0.0961. The molecule has 0 unspecified atom stereocenters. The van der Waals surface area contributed by atoms with Crippen LogP contribution in [0.1, 0.15) is 15.9 Å². The number of rotatable bonds is 2. The lowest BCUT2D eigenvalue weighted by atomic mass is 10.1. The minimum absolute atomic E-state index is 0.126. The Morgan fingerprint density at radius 1 is 1.15 bits per heavy atom. The third-order valence-electron chi connectivity index (χ3n) is 2.99. The third kappa shape index (κ3) is 2.75. The number of benzene rings is 2. The number of halogens is 1. The highest BCUT2D eigenvalue weighted by Crippen LogP contribution is 2.28. The van der Waals surface area contributed by atoms with Crippen molar-refractivity contribution >= 4 is 27.9 Å². The Morgan fingerprint density at radius 3 is 2.75 bits per heavy atom. The van der Waals surface area contributed by atoms with Crippen LogP contribution in [0.15, 0.2) is 58.7 Å². The summed E-state index contributed by atoms with van der Waals surface area (Å²) < 4.78 is 6.60. The summed E-state index contributed by atoms with van der Waals surface area (Å²) in [4.78, 5) is 12.1. The first-order chi connectivity index (χ1) is 9.72. The summed E-state index contributed by atoms with van der Waals surface area (Å²) in [7, 11) is 0. The molecule has 2 aromatic carbocycles. The third-order valence-corrected chi connectivity index (χ3v) is 3.49. The van der Waals surface area contributed by atoms with E-state index in [1.807, 2.05) is 42.5 Å². The van der Waals surface area contributed by atoms with Gasteiger partial charge in [0.15, 0.2) is 0 Å². The number of nitrogens with one attached hydrogen (secondary N) is 1. The molecule has 0 aromatic heterocycles. The maximum absolute atomic E-state index is 12.1. The number of carbonyl (C=O) groups excluding carboxylic acids is 1. The number of ether oxygens (including phenoxy) is 1. The Labute approximate surface area is 125 Å². The van der Waals surface area contributed by atoms with E-state index < -0.39 is 0 Å². The zero-order valence-electron chi connectivity index (χ0n) is 10.6. The second-order valence-corrected chi connectivity index (χ2v) is 5.38. The molecule has 100 valence electrons. The molecule has 1 aliphatic rings. The number of fused-ring (bicyclic) bond motifs is 1. The smallest absolute Gasteiger partial charge is 0.255 e. The molecule has 0 fully saturated rings. The first kappa shape index (κ1) is 12.9. The van der Waals surface area contributed by atoms with Crippen LogP contribution < -0.4 is 10.1 Å². The van der Waals surface area contributed by atoms with Gasteiger partial charge in [-0.1, -0.05) is 34.1 Å². The van der Waals surface area contributed by atoms with Crippen molar-refractivity contribution in [2.24, 2.45) is 0 Å². The Bertz CT molecular complexity index is 680. The topological polar surface area (TPSA) is 38.3 Å². The first-order valence-corrected chi connectivity index (χ1v) is 7.01. The highest BCUT2D eigenvalue weighted by molar-refractivity contribution is 9.10. The molecular weight excluding hydrogens is 318 g/mol. The van der Waals surface area contributed by atoms with Gasteiger partial charge in [0, 0.05) is 15.6 Å². The van der Waals surface area contributed by atoms with Crippen molar-refractivity contribution in [3.63, 3.8) is 0 Å². The van der Waals surface area contributed by atoms with Crippen LogP contribution in [0.3, 0.4) is 0 Å². The van der Waals surface area contributed by atoms with Crippen LogP contribution in [0.2, 0.25) is 0 Å². The van der Waals surface area contributed by atoms with Gasteiger partial charge in [-0.25, -0.2) is 0 Å². The maximum Gasteiger partial charge on any atom is 0.255 e. The van der Waals surface area contributed by atoms with Crippen molar-refractivity contribution in [1.82, 2.24) is 5.32 Å². The summed E-state index contributed by atoms with van der Waals surface area (Å²) in [5.41, 5.74) is 2.34. The molecule has 0 saturated heterocycles. The van der Waals surface area contributed by atoms with E-state index in [1.54, 1.807) is 12.1 Å². The number of hydrogen-bond donors (Lipinski definition) is 1. The molecule has 3 nitrogen and oxygen atoms in total. The van der Waals surface area contributed by atoms with Gasteiger partial charge in [-0.05, 0) is 36.4 Å². The first-order valence-electron chi connectivity index (χ1n) is 6.22. The van der Waals surface area contributed by atoms with E-state index in [2.05, 4.69) is 21.2 Å². The fraction of sp³-hybridized carbons (Fsp3) is 0.0625. The minimum atomic E-state index is -0.126. The molecule has 0 saturated carbocycles. The SMILES string of the molecule is O=C(NC1=Cc2cc(Br)ccc2OC1)c1ccccc1. The van der Waals surface area contributed by atoms with Gasteiger partial charge < -0.3 is 10.1 Å². The zero-order valence-corrected chi connectivity index (χ0v) is 12.2. The Morgan fingerprint density at radius 2 is 1.95 bits per heavy atom. The highest BCUT2D eigenvalue weighted by Gasteiger charge is 2.14. The molecule has 2 aromatic rings. The number of hydrogen-bond acceptors (Lipinski definition) is 2. The molecule has 1 heterocycles. The van der Waals surface area contributed by atoms with E-state index in [9.17, 15) is 4.79 Å². The van der Waals surface area contributed by atoms with Gasteiger partial charge in [0.1, 0.15) is 12.4 Å². The van der Waals surface area contributed by atoms with Crippen molar-refractivity contribution in [2.45, 2.75) is 0 Å². The van der Waals surface area contributed by atoms with E-state index in [0.29, 0.717) is 12.2 Å². The van der Waals surface area contributed by atoms with Crippen LogP contribution in [-0.4, -0.2) is 12.5 Å². The molecule has 1 aliphatic heterocycles. The molecule has 20 heavy (non-hydrogen) atoms. The molecule has 1 N–H and O–H groups in total. The van der Waals surface area contributed by atoms with Gasteiger partial charge in [0.05, 0.1) is 5.70 Å². The molecule has 0 spiro atoms. The molecule has 4 heteroatoms. The van der Waals surface area contributed by atoms with Crippen LogP contribution in [0.25, 0.3) is 6.08 Å². The summed E-state index contributed by atoms with van der Waals surface area (Å²) in [5.74, 6) is 0.699. The lowest BCUT2D eigenvalue weighted by Crippen LogP contribution is -2.27. The largest absolute Gasteiger partial charge is 0.487 e. The quantitative estimate of drug-likeness (QED) is 0.913. The molecule has 0 bridgehead atoms. The van der Waals surface area contributed by atoms with Crippen LogP contribution in [0.5, 0.6) is 5.75 Å². The Balaban J connectivity index is 1.81. The van der Waals surface area contributed by atoms with Gasteiger partial charge in [0.25, 0.3) is 5.91 Å². The Kier molecular flexibility index (Phi) is 3.56. The van der Waals surface area contributed by atoms with Gasteiger partial charge in [-0.2, -0.15) is 0 Å². The molecule has 3 rings (SSSR count). The second kappa shape index (κ2) is 5.51. The predicted octanol–water partition coefficient (Wildman–Crippen LogP) is 3.61. The summed E-state index contributed by atoms with van der Waals surface area (Å²) in [6, 6.07) is 14.9. The van der Waals surface area contributed by atoms with Crippen LogP contribution >= 0.6 is 15.9 Å². The van der Waals surface area contributed by atoms with Gasteiger partial charge in [-0.3, -0.25) is 4.79 Å². The van der Waals surface area contributed by atoms with Gasteiger partial charge in [-0.15, -0.1) is 0 Å². The summed E-state index contributed by atoms with van der Waals surface area (Å²) in [6.07, 6.45) is 1.93. The monoisotopic (exact) mass is 329 g/mol. The van der Waals surface area contributed by atoms with Crippen LogP contribution in [-0.2, 0) is 0 Å². The standard InChI is InChI=1S/C16H12BrNO2/c17-13-6-7-15-12(8-13)9-14(10-20-15)18-16(19)11-4-2-1-3-5-11/h1-9H,10H2,(H,18,19). The van der Waals surface area contributed by atoms with Crippen LogP contribution in [0.4, 0.5) is 0 Å². The summed E-state index contributed by atoms with van der Waals surface area (Å²) in [6.45, 7) is 0.368. The van der Waals surface area contributed by atoms with Crippen molar-refractivity contribution in [2.75, 3.05) is 6.61 Å². The summed E-state index contributed by atoms with van der Waals surface area (Å²) in [5, 5.41) is 2.88. The Hall–Kier alpha value is -2.07. The molecular formula is C16H12BrNO2. The van der Waals surface area contributed by atoms with E-state index >= 15 is 0 Å². The number of carbonyl (C=O) groups is 1. The molecule has 0 aliphatic carbocycles. The average Bonchev–Trinajstić information content (AvgIpc) is 2.47. The zero-order chi connectivity index (χ0) is 13.9. The predicted molar refractivity (Wildman–Crippen MR) is 81.5 cm³/mol. The second-order valence-electron chi connectivity index (χ2n) is 4.46. The fourth-order valence-electron chi connectivity index (χ4n) is 2.03. The van der Waals surface area contributed by atoms with E-state index in [0.717, 1.165) is 21.5 Å². The molecule has 0 atom stereocenters. The van der Waals surface area contributed by atoms with Gasteiger partial charge in [0.2, 0.25) is 0 Å². The van der Waals surface area contributed by atoms with E-state index in [1.165, 1.54) is 0 Å². The van der Waals surface area contributed by atoms with Crippen molar-refractivity contribution in [1.29, 1.82) is 0 Å². The van der Waals surface area contributed by atoms with E-state index in [-0.39, 0.29) is 5.91 Å². The minimum Gasteiger partial charge on any atom is -0.487 e. The van der Waals surface area contributed by atoms with E-state index in [4.69, 9.17) is 4.74 Å². The average molecular weight is 330 g/mol. The van der Waals surface area contributed by atoms with Crippen molar-refractivity contribution < 1.29 is 9.53 Å². The molecule has 1 amide bonds. The normalized spacial score (nSPS) is 12.9. The van der Waals surface area contributed by atoms with Gasteiger partial charge >= 0.3 is 0 Å².